The molecule has 0 aliphatic heterocycles. The minimum Gasteiger partial charge on any atom is -0.383 e. The van der Waals surface area contributed by atoms with E-state index in [9.17, 15) is 0 Å². The molecule has 132 valence electrons. The van der Waals surface area contributed by atoms with Crippen molar-refractivity contribution < 1.29 is 4.74 Å². The Morgan fingerprint density at radius 2 is 1.83 bits per heavy atom. The largest absolute Gasteiger partial charge is 0.383 e. The number of benzene rings is 2. The lowest BCUT2D eigenvalue weighted by Crippen LogP contribution is -2.39. The Balaban J connectivity index is 0.00000288. The van der Waals surface area contributed by atoms with Gasteiger partial charge in [-0.3, -0.25) is 4.99 Å². The van der Waals surface area contributed by atoms with E-state index in [4.69, 9.17) is 4.74 Å². The molecular weight excluding hydrogens is 433 g/mol. The molecule has 0 amide bonds. The summed E-state index contributed by atoms with van der Waals surface area (Å²) < 4.78 is 5.01. The van der Waals surface area contributed by atoms with Gasteiger partial charge in [0.2, 0.25) is 0 Å². The summed E-state index contributed by atoms with van der Waals surface area (Å²) in [5.74, 6) is 2.89. The first-order chi connectivity index (χ1) is 11.3. The predicted molar refractivity (Wildman–Crippen MR) is 117 cm³/mol. The number of rotatable bonds is 8. The quantitative estimate of drug-likeness (QED) is 0.275. The Morgan fingerprint density at radius 3 is 2.62 bits per heavy atom. The van der Waals surface area contributed by atoms with Gasteiger partial charge in [-0.1, -0.05) is 42.5 Å². The van der Waals surface area contributed by atoms with Gasteiger partial charge in [0.05, 0.1) is 6.61 Å². The molecule has 0 unspecified atom stereocenters. The van der Waals surface area contributed by atoms with Gasteiger partial charge in [-0.05, 0) is 16.3 Å². The monoisotopic (exact) mass is 459 g/mol. The highest BCUT2D eigenvalue weighted by Crippen LogP contribution is 2.22. The van der Waals surface area contributed by atoms with E-state index < -0.39 is 0 Å². The molecule has 0 spiro atoms. The van der Waals surface area contributed by atoms with Crippen molar-refractivity contribution in [3.05, 3.63) is 48.0 Å². The smallest absolute Gasteiger partial charge is 0.191 e. The lowest BCUT2D eigenvalue weighted by molar-refractivity contribution is 0.203. The average Bonchev–Trinajstić information content (AvgIpc) is 2.60. The highest BCUT2D eigenvalue weighted by molar-refractivity contribution is 14.0. The fraction of sp³-hybridized carbons (Fsp3) is 0.389. The Labute approximate surface area is 165 Å². The number of halogens is 1. The lowest BCUT2D eigenvalue weighted by atomic mass is 10.1. The minimum atomic E-state index is 0. The third-order valence-corrected chi connectivity index (χ3v) is 4.51. The number of aliphatic imine (C=N–C) groups is 1. The summed E-state index contributed by atoms with van der Waals surface area (Å²) in [5.41, 5.74) is 1.40. The molecule has 0 aromatic heterocycles. The third-order valence-electron chi connectivity index (χ3n) is 3.50. The molecule has 0 atom stereocenters. The Kier molecular flexibility index (Phi) is 10.9. The van der Waals surface area contributed by atoms with Gasteiger partial charge in [0.15, 0.2) is 5.96 Å². The second-order valence-electron chi connectivity index (χ2n) is 5.11. The van der Waals surface area contributed by atoms with Gasteiger partial charge in [-0.15, -0.1) is 24.0 Å². The number of guanidine groups is 1. The molecule has 0 aliphatic carbocycles. The van der Waals surface area contributed by atoms with Crippen molar-refractivity contribution in [1.82, 2.24) is 10.6 Å². The van der Waals surface area contributed by atoms with Crippen LogP contribution >= 0.6 is 35.7 Å². The van der Waals surface area contributed by atoms with Crippen molar-refractivity contribution in [2.75, 3.05) is 39.6 Å². The lowest BCUT2D eigenvalue weighted by Gasteiger charge is -2.11. The Bertz CT molecular complexity index is 631. The fourth-order valence-corrected chi connectivity index (χ4v) is 3.20. The molecule has 0 aliphatic rings. The zero-order valence-electron chi connectivity index (χ0n) is 14.2. The molecule has 2 N–H and O–H groups in total. The summed E-state index contributed by atoms with van der Waals surface area (Å²) >= 11 is 1.93. The van der Waals surface area contributed by atoms with E-state index in [-0.39, 0.29) is 24.0 Å². The SMILES string of the molecule is CN=C(NCCOC)NCCSCc1cccc2ccccc12.I. The number of fused-ring (bicyclic) bond motifs is 1. The van der Waals surface area contributed by atoms with Gasteiger partial charge in [0.25, 0.3) is 0 Å². The van der Waals surface area contributed by atoms with Gasteiger partial charge in [0.1, 0.15) is 0 Å². The topological polar surface area (TPSA) is 45.7 Å². The molecule has 6 heteroatoms. The molecule has 4 nitrogen and oxygen atoms in total. The second-order valence-corrected chi connectivity index (χ2v) is 6.21. The van der Waals surface area contributed by atoms with E-state index in [2.05, 4.69) is 58.1 Å². The molecule has 0 heterocycles. The molecule has 2 aromatic carbocycles. The summed E-state index contributed by atoms with van der Waals surface area (Å²) in [4.78, 5) is 4.19. The van der Waals surface area contributed by atoms with E-state index in [1.54, 1.807) is 14.2 Å². The maximum absolute atomic E-state index is 5.01. The average molecular weight is 459 g/mol. The number of hydrogen-bond acceptors (Lipinski definition) is 3. The number of hydrogen-bond donors (Lipinski definition) is 2. The number of nitrogens with zero attached hydrogens (tertiary/aromatic N) is 1. The Morgan fingerprint density at radius 1 is 1.08 bits per heavy atom. The van der Waals surface area contributed by atoms with Crippen LogP contribution in [-0.4, -0.2) is 45.6 Å². The standard InChI is InChI=1S/C18H25N3OS.HI/c1-19-18(20-10-12-22-2)21-11-13-23-14-16-8-5-7-15-6-3-4-9-17(15)16;/h3-9H,10-14H2,1-2H3,(H2,19,20,21);1H. The third kappa shape index (κ3) is 6.86. The summed E-state index contributed by atoms with van der Waals surface area (Å²) in [6.45, 7) is 2.33. The summed E-state index contributed by atoms with van der Waals surface area (Å²) in [6.07, 6.45) is 0. The van der Waals surface area contributed by atoms with Crippen molar-refractivity contribution in [2.24, 2.45) is 4.99 Å². The predicted octanol–water partition coefficient (Wildman–Crippen LogP) is 3.50. The maximum Gasteiger partial charge on any atom is 0.191 e. The molecule has 2 rings (SSSR count). The van der Waals surface area contributed by atoms with Gasteiger partial charge in [-0.25, -0.2) is 0 Å². The first-order valence-corrected chi connectivity index (χ1v) is 8.98. The van der Waals surface area contributed by atoms with E-state index in [0.29, 0.717) is 6.61 Å². The van der Waals surface area contributed by atoms with E-state index in [0.717, 1.165) is 30.6 Å². The second kappa shape index (κ2) is 12.4. The molecule has 2 aromatic rings. The first-order valence-electron chi connectivity index (χ1n) is 7.83. The van der Waals surface area contributed by atoms with Crippen LogP contribution in [0.4, 0.5) is 0 Å². The number of thioether (sulfide) groups is 1. The molecule has 0 fully saturated rings. The van der Waals surface area contributed by atoms with Crippen LogP contribution in [0.15, 0.2) is 47.5 Å². The van der Waals surface area contributed by atoms with Crippen LogP contribution in [-0.2, 0) is 10.5 Å². The maximum atomic E-state index is 5.01. The van der Waals surface area contributed by atoms with Crippen molar-refractivity contribution in [1.29, 1.82) is 0 Å². The molecule has 0 radical (unpaired) electrons. The fourth-order valence-electron chi connectivity index (χ4n) is 2.33. The van der Waals surface area contributed by atoms with Crippen LogP contribution in [0.2, 0.25) is 0 Å². The van der Waals surface area contributed by atoms with Crippen molar-refractivity contribution in [3.8, 4) is 0 Å². The van der Waals surface area contributed by atoms with Crippen LogP contribution in [0.3, 0.4) is 0 Å². The number of methoxy groups -OCH3 is 1. The van der Waals surface area contributed by atoms with Crippen LogP contribution in [0.25, 0.3) is 10.8 Å². The van der Waals surface area contributed by atoms with Crippen molar-refractivity contribution in [2.45, 2.75) is 5.75 Å². The van der Waals surface area contributed by atoms with Crippen molar-refractivity contribution in [3.63, 3.8) is 0 Å². The minimum absolute atomic E-state index is 0. The number of nitrogens with one attached hydrogen (secondary N) is 2. The van der Waals surface area contributed by atoms with Crippen LogP contribution in [0.1, 0.15) is 5.56 Å². The van der Waals surface area contributed by atoms with Crippen LogP contribution in [0.5, 0.6) is 0 Å². The zero-order chi connectivity index (χ0) is 16.3. The van der Waals surface area contributed by atoms with E-state index >= 15 is 0 Å². The number of ether oxygens (including phenoxy) is 1. The summed E-state index contributed by atoms with van der Waals surface area (Å²) in [5, 5.41) is 9.19. The highest BCUT2D eigenvalue weighted by Gasteiger charge is 2.01. The van der Waals surface area contributed by atoms with E-state index in [1.165, 1.54) is 16.3 Å². The summed E-state index contributed by atoms with van der Waals surface area (Å²) in [6, 6.07) is 15.1. The van der Waals surface area contributed by atoms with Gasteiger partial charge in [-0.2, -0.15) is 11.8 Å². The van der Waals surface area contributed by atoms with Crippen LogP contribution in [0, 0.1) is 0 Å². The normalized spacial score (nSPS) is 11.2. The molecular formula is C18H26IN3OS. The zero-order valence-corrected chi connectivity index (χ0v) is 17.4. The van der Waals surface area contributed by atoms with Gasteiger partial charge >= 0.3 is 0 Å². The van der Waals surface area contributed by atoms with Crippen LogP contribution < -0.4 is 10.6 Å². The van der Waals surface area contributed by atoms with Gasteiger partial charge < -0.3 is 15.4 Å². The van der Waals surface area contributed by atoms with Gasteiger partial charge in [0, 0.05) is 38.8 Å². The highest BCUT2D eigenvalue weighted by atomic mass is 127. The molecule has 0 bridgehead atoms. The Hall–Kier alpha value is -0.990. The molecule has 0 saturated carbocycles. The first kappa shape index (κ1) is 21.1. The molecule has 0 saturated heterocycles. The van der Waals surface area contributed by atoms with E-state index in [1.807, 2.05) is 11.8 Å². The summed E-state index contributed by atoms with van der Waals surface area (Å²) in [7, 11) is 3.48. The van der Waals surface area contributed by atoms with Crippen molar-refractivity contribution >= 4 is 52.5 Å². The molecule has 24 heavy (non-hydrogen) atoms.